The van der Waals surface area contributed by atoms with Crippen LogP contribution in [0.15, 0.2) is 4.52 Å². The summed E-state index contributed by atoms with van der Waals surface area (Å²) in [6, 6.07) is 0. The quantitative estimate of drug-likeness (QED) is 0.748. The van der Waals surface area contributed by atoms with E-state index < -0.39 is 5.54 Å². The van der Waals surface area contributed by atoms with E-state index in [1.165, 1.54) is 0 Å². The summed E-state index contributed by atoms with van der Waals surface area (Å²) in [5, 5.41) is 13.6. The van der Waals surface area contributed by atoms with E-state index in [0.717, 1.165) is 13.1 Å². The van der Waals surface area contributed by atoms with Gasteiger partial charge in [0.25, 0.3) is 6.47 Å². The predicted molar refractivity (Wildman–Crippen MR) is 85.4 cm³/mol. The molecule has 2 heterocycles. The molecule has 1 aromatic heterocycles. The number of carbonyl (C=O) groups is 2. The first-order valence-electron chi connectivity index (χ1n) is 7.84. The molecule has 0 unspecified atom stereocenters. The van der Waals surface area contributed by atoms with Gasteiger partial charge in [0.05, 0.1) is 25.3 Å². The highest BCUT2D eigenvalue weighted by atomic mass is 16.5. The van der Waals surface area contributed by atoms with Gasteiger partial charge in [-0.1, -0.05) is 19.0 Å². The van der Waals surface area contributed by atoms with E-state index in [2.05, 4.69) is 20.4 Å². The molecule has 9 nitrogen and oxygen atoms in total. The van der Waals surface area contributed by atoms with Crippen molar-refractivity contribution < 1.29 is 24.0 Å². The van der Waals surface area contributed by atoms with E-state index in [1.807, 2.05) is 27.7 Å². The number of hydrogen-bond acceptors (Lipinski definition) is 7. The third-order valence-electron chi connectivity index (χ3n) is 3.76. The monoisotopic (exact) mass is 342 g/mol. The summed E-state index contributed by atoms with van der Waals surface area (Å²) in [5.74, 6) is 1.26. The van der Waals surface area contributed by atoms with Crippen molar-refractivity contribution in [2.24, 2.45) is 0 Å². The molecule has 24 heavy (non-hydrogen) atoms. The van der Waals surface area contributed by atoms with Crippen LogP contribution in [0.3, 0.4) is 0 Å². The first kappa shape index (κ1) is 20.0. The molecule has 0 atom stereocenters. The average Bonchev–Trinajstić information content (AvgIpc) is 3.03. The summed E-state index contributed by atoms with van der Waals surface area (Å²) in [4.78, 5) is 27.1. The standard InChI is InChI=1S/C14H24N4O3.CH2O2/c1-10(2)12-16-11(21-17-12)9-15-13(19)14(3,4)18-5-7-20-8-6-18;2-1-3/h10H,5-9H2,1-4H3,(H,15,19);1H,(H,2,3). The Kier molecular flexibility index (Phi) is 7.80. The Hall–Kier alpha value is -2.00. The van der Waals surface area contributed by atoms with Crippen LogP contribution >= 0.6 is 0 Å². The maximum atomic E-state index is 12.4. The van der Waals surface area contributed by atoms with Crippen molar-refractivity contribution in [2.45, 2.75) is 45.7 Å². The minimum atomic E-state index is -0.579. The molecule has 1 saturated heterocycles. The zero-order valence-electron chi connectivity index (χ0n) is 14.6. The third-order valence-corrected chi connectivity index (χ3v) is 3.76. The van der Waals surface area contributed by atoms with Crippen LogP contribution in [-0.4, -0.2) is 64.4 Å². The van der Waals surface area contributed by atoms with Gasteiger partial charge in [0, 0.05) is 19.0 Å². The SMILES string of the molecule is CC(C)c1noc(CNC(=O)C(C)(C)N2CCOCC2)n1.O=CO. The minimum Gasteiger partial charge on any atom is -0.483 e. The molecule has 1 aromatic rings. The van der Waals surface area contributed by atoms with E-state index >= 15 is 0 Å². The van der Waals surface area contributed by atoms with Gasteiger partial charge in [0.1, 0.15) is 0 Å². The fraction of sp³-hybridized carbons (Fsp3) is 0.733. The van der Waals surface area contributed by atoms with Crippen molar-refractivity contribution in [2.75, 3.05) is 26.3 Å². The first-order chi connectivity index (χ1) is 11.3. The summed E-state index contributed by atoms with van der Waals surface area (Å²) in [7, 11) is 0. The van der Waals surface area contributed by atoms with Crippen LogP contribution in [-0.2, 0) is 20.9 Å². The lowest BCUT2D eigenvalue weighted by Crippen LogP contribution is -2.57. The van der Waals surface area contributed by atoms with Crippen molar-refractivity contribution in [1.29, 1.82) is 0 Å². The minimum absolute atomic E-state index is 0.0475. The molecule has 0 aromatic carbocycles. The molecule has 0 bridgehead atoms. The second kappa shape index (κ2) is 9.33. The smallest absolute Gasteiger partial charge is 0.290 e. The maximum absolute atomic E-state index is 12.4. The molecule has 0 aliphatic carbocycles. The Morgan fingerprint density at radius 1 is 1.42 bits per heavy atom. The number of nitrogens with zero attached hydrogens (tertiary/aromatic N) is 3. The van der Waals surface area contributed by atoms with Crippen molar-refractivity contribution in [3.63, 3.8) is 0 Å². The average molecular weight is 342 g/mol. The fourth-order valence-electron chi connectivity index (χ4n) is 2.21. The van der Waals surface area contributed by atoms with Gasteiger partial charge >= 0.3 is 0 Å². The van der Waals surface area contributed by atoms with Crippen LogP contribution in [0.25, 0.3) is 0 Å². The van der Waals surface area contributed by atoms with E-state index in [1.54, 1.807) is 0 Å². The molecule has 1 aliphatic rings. The van der Waals surface area contributed by atoms with Gasteiger partial charge in [0.2, 0.25) is 11.8 Å². The molecule has 136 valence electrons. The molecule has 2 rings (SSSR count). The number of nitrogens with one attached hydrogen (secondary N) is 1. The van der Waals surface area contributed by atoms with E-state index in [9.17, 15) is 4.79 Å². The van der Waals surface area contributed by atoms with Crippen molar-refractivity contribution in [3.8, 4) is 0 Å². The van der Waals surface area contributed by atoms with Crippen LogP contribution in [0.1, 0.15) is 45.3 Å². The number of carbonyl (C=O) groups excluding carboxylic acids is 1. The van der Waals surface area contributed by atoms with Gasteiger partial charge in [-0.15, -0.1) is 0 Å². The van der Waals surface area contributed by atoms with Gasteiger partial charge in [-0.25, -0.2) is 0 Å². The number of carboxylic acid groups (broad SMARTS) is 1. The van der Waals surface area contributed by atoms with Gasteiger partial charge < -0.3 is 19.7 Å². The molecule has 0 saturated carbocycles. The van der Waals surface area contributed by atoms with E-state index in [0.29, 0.717) is 24.9 Å². The van der Waals surface area contributed by atoms with Crippen molar-refractivity contribution in [3.05, 3.63) is 11.7 Å². The molecule has 9 heteroatoms. The summed E-state index contributed by atoms with van der Waals surface area (Å²) in [5.41, 5.74) is -0.579. The Labute approximate surface area is 141 Å². The lowest BCUT2D eigenvalue weighted by Gasteiger charge is -2.39. The largest absolute Gasteiger partial charge is 0.483 e. The predicted octanol–water partition coefficient (Wildman–Crippen LogP) is 0.621. The lowest BCUT2D eigenvalue weighted by atomic mass is 10.0. The molecular formula is C15H26N4O5. The van der Waals surface area contributed by atoms with Gasteiger partial charge in [-0.2, -0.15) is 4.98 Å². The molecular weight excluding hydrogens is 316 g/mol. The molecule has 1 amide bonds. The topological polar surface area (TPSA) is 118 Å². The lowest BCUT2D eigenvalue weighted by molar-refractivity contribution is -0.134. The molecule has 1 aliphatic heterocycles. The second-order valence-corrected chi connectivity index (χ2v) is 6.15. The summed E-state index contributed by atoms with van der Waals surface area (Å²) in [6.07, 6.45) is 0. The number of morpholine rings is 1. The zero-order valence-corrected chi connectivity index (χ0v) is 14.6. The molecule has 0 radical (unpaired) electrons. The second-order valence-electron chi connectivity index (χ2n) is 6.15. The van der Waals surface area contributed by atoms with Crippen LogP contribution in [0, 0.1) is 0 Å². The van der Waals surface area contributed by atoms with Crippen molar-refractivity contribution >= 4 is 12.4 Å². The summed E-state index contributed by atoms with van der Waals surface area (Å²) >= 11 is 0. The molecule has 1 fully saturated rings. The van der Waals surface area contributed by atoms with Gasteiger partial charge in [0.15, 0.2) is 5.82 Å². The Bertz CT molecular complexity index is 524. The van der Waals surface area contributed by atoms with Crippen LogP contribution in [0.5, 0.6) is 0 Å². The van der Waals surface area contributed by atoms with Crippen LogP contribution < -0.4 is 5.32 Å². The highest BCUT2D eigenvalue weighted by Gasteiger charge is 2.35. The Balaban J connectivity index is 0.000000891. The number of rotatable bonds is 5. The van der Waals surface area contributed by atoms with Gasteiger partial charge in [-0.05, 0) is 13.8 Å². The van der Waals surface area contributed by atoms with E-state index in [4.69, 9.17) is 19.2 Å². The summed E-state index contributed by atoms with van der Waals surface area (Å²) in [6.45, 7) is 10.7. The number of aromatic nitrogens is 2. The number of hydrogen-bond donors (Lipinski definition) is 2. The zero-order chi connectivity index (χ0) is 18.2. The Morgan fingerprint density at radius 2 is 2.00 bits per heavy atom. The molecule has 0 spiro atoms. The highest BCUT2D eigenvalue weighted by molar-refractivity contribution is 5.85. The van der Waals surface area contributed by atoms with Crippen LogP contribution in [0.4, 0.5) is 0 Å². The number of ether oxygens (including phenoxy) is 1. The normalized spacial score (nSPS) is 15.5. The van der Waals surface area contributed by atoms with Gasteiger partial charge in [-0.3, -0.25) is 14.5 Å². The van der Waals surface area contributed by atoms with Crippen molar-refractivity contribution in [1.82, 2.24) is 20.4 Å². The summed E-state index contributed by atoms with van der Waals surface area (Å²) < 4.78 is 10.4. The first-order valence-corrected chi connectivity index (χ1v) is 7.84. The fourth-order valence-corrected chi connectivity index (χ4v) is 2.21. The Morgan fingerprint density at radius 3 is 2.50 bits per heavy atom. The molecule has 2 N–H and O–H groups in total. The van der Waals surface area contributed by atoms with Crippen LogP contribution in [0.2, 0.25) is 0 Å². The maximum Gasteiger partial charge on any atom is 0.290 e. The van der Waals surface area contributed by atoms with E-state index in [-0.39, 0.29) is 24.8 Å². The third kappa shape index (κ3) is 5.57. The highest BCUT2D eigenvalue weighted by Crippen LogP contribution is 2.16. The number of amides is 1.